The van der Waals surface area contributed by atoms with Crippen LogP contribution in [0.3, 0.4) is 0 Å². The first-order chi connectivity index (χ1) is 40.5. The molecule has 0 aromatic heterocycles. The molecule has 0 rings (SSSR count). The maximum atomic E-state index is 12.9. The van der Waals surface area contributed by atoms with E-state index in [1.54, 1.807) is 0 Å². The highest BCUT2D eigenvalue weighted by Crippen LogP contribution is 2.18. The standard InChI is InChI=1S/C76H132O6/c1-4-7-10-13-16-19-22-25-28-31-32-33-34-35-36-37-38-39-40-41-42-43-44-46-48-51-54-57-60-63-66-69-75(78)81-72-73(71-80-74(77)68-65-62-59-56-53-50-47-30-27-24-21-18-15-12-9-6-3)82-76(79)70-67-64-61-58-55-52-49-45-29-26-23-20-17-14-11-8-5-2/h7-8,10-11,16-17,19-20,25-26,28-29,32-33,35-36,73H,4-6,9,12-15,18,21-24,27,30-31,34,37-72H2,1-3H3/b10-7-,11-8-,19-16-,20-17-,28-25-,29-26-,33-32-,36-35-. The lowest BCUT2D eigenvalue weighted by atomic mass is 10.0. The molecular formula is C76H132O6. The van der Waals surface area contributed by atoms with Gasteiger partial charge in [0.1, 0.15) is 13.2 Å². The van der Waals surface area contributed by atoms with E-state index < -0.39 is 6.10 Å². The van der Waals surface area contributed by atoms with Crippen LogP contribution in [-0.4, -0.2) is 37.2 Å². The van der Waals surface area contributed by atoms with Crippen molar-refractivity contribution in [2.45, 2.75) is 354 Å². The monoisotopic (exact) mass is 1140 g/mol. The molecule has 0 aromatic carbocycles. The van der Waals surface area contributed by atoms with Crippen molar-refractivity contribution < 1.29 is 28.6 Å². The van der Waals surface area contributed by atoms with Crippen LogP contribution in [0.5, 0.6) is 0 Å². The second-order valence-electron chi connectivity index (χ2n) is 23.4. The van der Waals surface area contributed by atoms with E-state index in [0.717, 1.165) is 116 Å². The number of hydrogen-bond donors (Lipinski definition) is 0. The summed E-state index contributed by atoms with van der Waals surface area (Å²) < 4.78 is 17.0. The van der Waals surface area contributed by atoms with Crippen molar-refractivity contribution >= 4 is 17.9 Å². The molecule has 0 aromatic rings. The van der Waals surface area contributed by atoms with Crippen molar-refractivity contribution in [1.29, 1.82) is 0 Å². The quantitative estimate of drug-likeness (QED) is 0.0261. The highest BCUT2D eigenvalue weighted by atomic mass is 16.6. The van der Waals surface area contributed by atoms with E-state index >= 15 is 0 Å². The number of rotatable bonds is 64. The van der Waals surface area contributed by atoms with Crippen LogP contribution in [0.1, 0.15) is 348 Å². The predicted octanol–water partition coefficient (Wildman–Crippen LogP) is 24.4. The van der Waals surface area contributed by atoms with Gasteiger partial charge in [-0.15, -0.1) is 0 Å². The first-order valence-corrected chi connectivity index (χ1v) is 35.2. The number of esters is 3. The molecule has 0 aliphatic carbocycles. The molecule has 0 amide bonds. The summed E-state index contributed by atoms with van der Waals surface area (Å²) in [6.07, 6.45) is 94.3. The summed E-state index contributed by atoms with van der Waals surface area (Å²) in [5.41, 5.74) is 0. The molecule has 0 saturated carbocycles. The van der Waals surface area contributed by atoms with Crippen LogP contribution in [0.15, 0.2) is 97.2 Å². The Hall–Kier alpha value is -3.67. The van der Waals surface area contributed by atoms with Gasteiger partial charge in [0.15, 0.2) is 6.10 Å². The number of allylic oxidation sites excluding steroid dienone is 16. The van der Waals surface area contributed by atoms with E-state index in [1.165, 1.54) is 193 Å². The van der Waals surface area contributed by atoms with Gasteiger partial charge in [-0.25, -0.2) is 0 Å². The van der Waals surface area contributed by atoms with Gasteiger partial charge in [0, 0.05) is 19.3 Å². The summed E-state index contributed by atoms with van der Waals surface area (Å²) in [4.78, 5) is 38.4. The largest absolute Gasteiger partial charge is 0.462 e. The second kappa shape index (κ2) is 69.8. The molecule has 0 N–H and O–H groups in total. The van der Waals surface area contributed by atoms with E-state index in [4.69, 9.17) is 14.2 Å². The summed E-state index contributed by atoms with van der Waals surface area (Å²) in [7, 11) is 0. The lowest BCUT2D eigenvalue weighted by Gasteiger charge is -2.18. The number of hydrogen-bond acceptors (Lipinski definition) is 6. The summed E-state index contributed by atoms with van der Waals surface area (Å²) >= 11 is 0. The maximum Gasteiger partial charge on any atom is 0.306 e. The fourth-order valence-electron chi connectivity index (χ4n) is 10.1. The molecule has 0 saturated heterocycles. The van der Waals surface area contributed by atoms with Crippen LogP contribution in [0.2, 0.25) is 0 Å². The van der Waals surface area contributed by atoms with Gasteiger partial charge in [-0.2, -0.15) is 0 Å². The van der Waals surface area contributed by atoms with Crippen LogP contribution in [0.4, 0.5) is 0 Å². The highest BCUT2D eigenvalue weighted by Gasteiger charge is 2.19. The van der Waals surface area contributed by atoms with E-state index in [2.05, 4.69) is 118 Å². The first kappa shape index (κ1) is 78.3. The number of carbonyl (C=O) groups is 3. The molecule has 0 heterocycles. The Balaban J connectivity index is 4.24. The van der Waals surface area contributed by atoms with Gasteiger partial charge in [-0.3, -0.25) is 14.4 Å². The minimum Gasteiger partial charge on any atom is -0.462 e. The van der Waals surface area contributed by atoms with E-state index in [0.29, 0.717) is 19.3 Å². The zero-order valence-electron chi connectivity index (χ0n) is 54.2. The third-order valence-corrected chi connectivity index (χ3v) is 15.3. The van der Waals surface area contributed by atoms with E-state index in [9.17, 15) is 14.4 Å². The number of ether oxygens (including phenoxy) is 3. The molecule has 0 fully saturated rings. The maximum absolute atomic E-state index is 12.9. The normalized spacial score (nSPS) is 12.7. The number of unbranched alkanes of at least 4 members (excludes halogenated alkanes) is 37. The van der Waals surface area contributed by atoms with Gasteiger partial charge in [0.25, 0.3) is 0 Å². The zero-order chi connectivity index (χ0) is 59.2. The van der Waals surface area contributed by atoms with Crippen molar-refractivity contribution in [3.05, 3.63) is 97.2 Å². The summed E-state index contributed by atoms with van der Waals surface area (Å²) in [6, 6.07) is 0. The van der Waals surface area contributed by atoms with Gasteiger partial charge in [0.2, 0.25) is 0 Å². The molecule has 1 atom stereocenters. The van der Waals surface area contributed by atoms with Crippen LogP contribution in [0.25, 0.3) is 0 Å². The topological polar surface area (TPSA) is 78.9 Å². The summed E-state index contributed by atoms with van der Waals surface area (Å²) in [5.74, 6) is -0.868. The smallest absolute Gasteiger partial charge is 0.306 e. The van der Waals surface area contributed by atoms with E-state index in [1.807, 2.05) is 0 Å². The van der Waals surface area contributed by atoms with Gasteiger partial charge < -0.3 is 14.2 Å². The zero-order valence-corrected chi connectivity index (χ0v) is 54.2. The molecule has 0 radical (unpaired) electrons. The molecule has 0 bridgehead atoms. The molecule has 0 aliphatic heterocycles. The molecule has 0 spiro atoms. The average Bonchev–Trinajstić information content (AvgIpc) is 3.48. The Bertz CT molecular complexity index is 1590. The minimum absolute atomic E-state index is 0.0767. The van der Waals surface area contributed by atoms with Gasteiger partial charge in [-0.05, 0) is 96.3 Å². The SMILES string of the molecule is CC/C=C\C/C=C\C/C=C\C/C=C\C/C=C\CCCCCCCCCCCCCCCCCC(=O)OCC(COC(=O)CCCCCCCCCCCCCCCCCC)OC(=O)CCCCCCCCC/C=C\C/C=C\C/C=C\CC. The van der Waals surface area contributed by atoms with Crippen molar-refractivity contribution in [2.24, 2.45) is 0 Å². The lowest BCUT2D eigenvalue weighted by molar-refractivity contribution is -0.167. The van der Waals surface area contributed by atoms with Gasteiger partial charge in [-0.1, -0.05) is 330 Å². The first-order valence-electron chi connectivity index (χ1n) is 35.2. The third kappa shape index (κ3) is 67.1. The Morgan fingerprint density at radius 1 is 0.256 bits per heavy atom. The van der Waals surface area contributed by atoms with Crippen LogP contribution in [-0.2, 0) is 28.6 Å². The van der Waals surface area contributed by atoms with Crippen LogP contribution >= 0.6 is 0 Å². The van der Waals surface area contributed by atoms with Crippen molar-refractivity contribution in [3.63, 3.8) is 0 Å². The summed E-state index contributed by atoms with van der Waals surface area (Å²) in [5, 5.41) is 0. The Morgan fingerprint density at radius 2 is 0.476 bits per heavy atom. The number of carbonyl (C=O) groups excluding carboxylic acids is 3. The minimum atomic E-state index is -0.782. The Kier molecular flexibility index (Phi) is 66.7. The molecule has 6 heteroatoms. The Labute approximate surface area is 508 Å². The van der Waals surface area contributed by atoms with Crippen LogP contribution in [0, 0.1) is 0 Å². The molecule has 82 heavy (non-hydrogen) atoms. The lowest BCUT2D eigenvalue weighted by Crippen LogP contribution is -2.30. The van der Waals surface area contributed by atoms with Gasteiger partial charge in [0.05, 0.1) is 0 Å². The molecular weight excluding hydrogens is 1010 g/mol. The van der Waals surface area contributed by atoms with Crippen molar-refractivity contribution in [3.8, 4) is 0 Å². The molecule has 472 valence electrons. The molecule has 0 aliphatic rings. The Morgan fingerprint density at radius 3 is 0.744 bits per heavy atom. The second-order valence-corrected chi connectivity index (χ2v) is 23.4. The van der Waals surface area contributed by atoms with E-state index in [-0.39, 0.29) is 31.1 Å². The third-order valence-electron chi connectivity index (χ3n) is 15.3. The summed E-state index contributed by atoms with van der Waals surface area (Å²) in [6.45, 7) is 6.46. The van der Waals surface area contributed by atoms with Crippen LogP contribution < -0.4 is 0 Å². The van der Waals surface area contributed by atoms with Crippen molar-refractivity contribution in [1.82, 2.24) is 0 Å². The molecule has 1 unspecified atom stereocenters. The van der Waals surface area contributed by atoms with Gasteiger partial charge >= 0.3 is 17.9 Å². The predicted molar refractivity (Wildman–Crippen MR) is 357 cm³/mol. The fraction of sp³-hybridized carbons (Fsp3) is 0.750. The molecule has 6 nitrogen and oxygen atoms in total. The average molecular weight is 1140 g/mol. The highest BCUT2D eigenvalue weighted by molar-refractivity contribution is 5.71. The fourth-order valence-corrected chi connectivity index (χ4v) is 10.1. The van der Waals surface area contributed by atoms with Crippen molar-refractivity contribution in [2.75, 3.05) is 13.2 Å².